The lowest BCUT2D eigenvalue weighted by molar-refractivity contribution is -0.360. The van der Waals surface area contributed by atoms with Gasteiger partial charge in [0.15, 0.2) is 0 Å². The number of benzene rings is 1. The Labute approximate surface area is 94.5 Å². The second-order valence-corrected chi connectivity index (χ2v) is 3.19. The van der Waals surface area contributed by atoms with Crippen LogP contribution in [-0.4, -0.2) is 12.3 Å². The summed E-state index contributed by atoms with van der Waals surface area (Å²) in [6, 6.07) is 4.85. The average Bonchev–Trinajstić information content (AvgIpc) is 2.19. The fourth-order valence-electron chi connectivity index (χ4n) is 1.05. The fraction of sp³-hybridized carbons (Fsp3) is 0.273. The van der Waals surface area contributed by atoms with E-state index in [-0.39, 0.29) is 0 Å². The quantitative estimate of drug-likeness (QED) is 0.730. The third-order valence-electron chi connectivity index (χ3n) is 1.82. The molecule has 0 amide bonds. The van der Waals surface area contributed by atoms with E-state index >= 15 is 0 Å². The number of hydrogen-bond donors (Lipinski definition) is 0. The molecule has 0 spiro atoms. The van der Waals surface area contributed by atoms with E-state index in [9.17, 15) is 22.0 Å². The molecule has 6 heteroatoms. The Morgan fingerprint density at radius 1 is 1.00 bits per heavy atom. The molecule has 0 saturated carbocycles. The average molecular weight is 252 g/mol. The maximum Gasteiger partial charge on any atom is 0.499 e. The molecule has 0 atom stereocenters. The third-order valence-corrected chi connectivity index (χ3v) is 1.82. The lowest BCUT2D eigenvalue weighted by atomic mass is 10.2. The Hall–Kier alpha value is -1.59. The molecule has 0 aliphatic rings. The van der Waals surface area contributed by atoms with Gasteiger partial charge in [-0.1, -0.05) is 24.3 Å². The van der Waals surface area contributed by atoms with Crippen LogP contribution in [0, 0.1) is 0 Å². The monoisotopic (exact) mass is 252 g/mol. The van der Waals surface area contributed by atoms with E-state index in [1.165, 1.54) is 12.1 Å². The predicted molar refractivity (Wildman–Crippen MR) is 52.8 cm³/mol. The van der Waals surface area contributed by atoms with Gasteiger partial charge in [-0.3, -0.25) is 0 Å². The van der Waals surface area contributed by atoms with Gasteiger partial charge in [-0.25, -0.2) is 0 Å². The number of rotatable bonds is 3. The molecule has 1 rings (SSSR count). The zero-order valence-corrected chi connectivity index (χ0v) is 8.76. The van der Waals surface area contributed by atoms with E-state index < -0.39 is 18.0 Å². The van der Waals surface area contributed by atoms with Crippen LogP contribution in [0.1, 0.15) is 12.5 Å². The van der Waals surface area contributed by atoms with Gasteiger partial charge in [0.05, 0.1) is 0 Å². The highest BCUT2D eigenvalue weighted by Crippen LogP contribution is 2.37. The van der Waals surface area contributed by atoms with Crippen molar-refractivity contribution in [2.75, 3.05) is 0 Å². The molecule has 0 bridgehead atoms. The van der Waals surface area contributed by atoms with Crippen LogP contribution in [0.5, 0.6) is 5.75 Å². The SMILES string of the molecule is CC=Cc1ccc(OC(F)(F)C(F)(F)F)cc1. The summed E-state index contributed by atoms with van der Waals surface area (Å²) >= 11 is 0. The van der Waals surface area contributed by atoms with Gasteiger partial charge in [-0.05, 0) is 24.6 Å². The second kappa shape index (κ2) is 4.73. The second-order valence-electron chi connectivity index (χ2n) is 3.19. The smallest absolute Gasteiger partial charge is 0.426 e. The lowest BCUT2D eigenvalue weighted by Crippen LogP contribution is -2.41. The molecule has 1 nitrogen and oxygen atoms in total. The van der Waals surface area contributed by atoms with Crippen LogP contribution < -0.4 is 4.74 Å². The predicted octanol–water partition coefficient (Wildman–Crippen LogP) is 4.25. The normalized spacial score (nSPS) is 13.1. The summed E-state index contributed by atoms with van der Waals surface area (Å²) < 4.78 is 64.1. The molecule has 0 unspecified atom stereocenters. The zero-order valence-electron chi connectivity index (χ0n) is 8.76. The van der Waals surface area contributed by atoms with E-state index in [0.29, 0.717) is 5.56 Å². The summed E-state index contributed by atoms with van der Waals surface area (Å²) in [5, 5.41) is 0. The molecule has 0 aliphatic heterocycles. The summed E-state index contributed by atoms with van der Waals surface area (Å²) in [5.41, 5.74) is 0.676. The molecular formula is C11H9F5O. The summed E-state index contributed by atoms with van der Waals surface area (Å²) in [6.45, 7) is 1.75. The highest BCUT2D eigenvalue weighted by atomic mass is 19.4. The third kappa shape index (κ3) is 3.44. The zero-order chi connectivity index (χ0) is 13.1. The van der Waals surface area contributed by atoms with Gasteiger partial charge in [-0.15, -0.1) is 0 Å². The van der Waals surface area contributed by atoms with Crippen molar-refractivity contribution >= 4 is 6.08 Å². The molecule has 17 heavy (non-hydrogen) atoms. The van der Waals surface area contributed by atoms with Crippen molar-refractivity contribution in [3.8, 4) is 5.75 Å². The van der Waals surface area contributed by atoms with Gasteiger partial charge in [-0.2, -0.15) is 22.0 Å². The molecule has 0 fully saturated rings. The van der Waals surface area contributed by atoms with Crippen molar-refractivity contribution in [2.24, 2.45) is 0 Å². The summed E-state index contributed by atoms with van der Waals surface area (Å²) in [7, 11) is 0. The first-order chi connectivity index (χ1) is 7.76. The number of halogens is 5. The minimum atomic E-state index is -5.73. The summed E-state index contributed by atoms with van der Waals surface area (Å²) in [4.78, 5) is 0. The Bertz CT molecular complexity index is 391. The molecule has 0 heterocycles. The first kappa shape index (κ1) is 13.5. The molecule has 0 N–H and O–H groups in total. The van der Waals surface area contributed by atoms with E-state index in [1.54, 1.807) is 19.1 Å². The molecule has 0 saturated heterocycles. The number of ether oxygens (including phenoxy) is 1. The minimum absolute atomic E-state index is 0.541. The number of allylic oxidation sites excluding steroid dienone is 1. The van der Waals surface area contributed by atoms with Gasteiger partial charge in [0.2, 0.25) is 0 Å². The largest absolute Gasteiger partial charge is 0.499 e. The van der Waals surface area contributed by atoms with Crippen molar-refractivity contribution in [3.05, 3.63) is 35.9 Å². The van der Waals surface area contributed by atoms with Crippen LogP contribution in [0.2, 0.25) is 0 Å². The van der Waals surface area contributed by atoms with Crippen LogP contribution >= 0.6 is 0 Å². The first-order valence-electron chi connectivity index (χ1n) is 4.62. The van der Waals surface area contributed by atoms with Crippen molar-refractivity contribution in [2.45, 2.75) is 19.2 Å². The van der Waals surface area contributed by atoms with Gasteiger partial charge in [0.25, 0.3) is 0 Å². The molecule has 1 aromatic rings. The van der Waals surface area contributed by atoms with Gasteiger partial charge in [0.1, 0.15) is 5.75 Å². The summed E-state index contributed by atoms with van der Waals surface area (Å²) in [6.07, 6.45) is -7.53. The van der Waals surface area contributed by atoms with E-state index in [1.807, 2.05) is 0 Å². The van der Waals surface area contributed by atoms with E-state index in [2.05, 4.69) is 4.74 Å². The number of hydrogen-bond acceptors (Lipinski definition) is 1. The lowest BCUT2D eigenvalue weighted by Gasteiger charge is -2.20. The standard InChI is InChI=1S/C11H9F5O/c1-2-3-8-4-6-9(7-5-8)17-11(15,16)10(12,13)14/h2-7H,1H3. The van der Waals surface area contributed by atoms with Crippen LogP contribution in [0.25, 0.3) is 6.08 Å². The first-order valence-corrected chi connectivity index (χ1v) is 4.62. The highest BCUT2D eigenvalue weighted by molar-refractivity contribution is 5.50. The minimum Gasteiger partial charge on any atom is -0.426 e. The Morgan fingerprint density at radius 2 is 1.53 bits per heavy atom. The van der Waals surface area contributed by atoms with Crippen LogP contribution in [-0.2, 0) is 0 Å². The van der Waals surface area contributed by atoms with E-state index in [4.69, 9.17) is 0 Å². The van der Waals surface area contributed by atoms with Crippen LogP contribution in [0.15, 0.2) is 30.3 Å². The van der Waals surface area contributed by atoms with Crippen molar-refractivity contribution in [1.82, 2.24) is 0 Å². The fourth-order valence-corrected chi connectivity index (χ4v) is 1.05. The molecular weight excluding hydrogens is 243 g/mol. The van der Waals surface area contributed by atoms with Crippen molar-refractivity contribution in [3.63, 3.8) is 0 Å². The Morgan fingerprint density at radius 3 is 1.94 bits per heavy atom. The van der Waals surface area contributed by atoms with E-state index in [0.717, 1.165) is 12.1 Å². The molecule has 0 aromatic heterocycles. The van der Waals surface area contributed by atoms with Crippen LogP contribution in [0.4, 0.5) is 22.0 Å². The Kier molecular flexibility index (Phi) is 3.75. The van der Waals surface area contributed by atoms with Crippen molar-refractivity contribution < 1.29 is 26.7 Å². The number of alkyl halides is 5. The maximum absolute atomic E-state index is 12.5. The van der Waals surface area contributed by atoms with Gasteiger partial charge in [0, 0.05) is 0 Å². The topological polar surface area (TPSA) is 9.23 Å². The van der Waals surface area contributed by atoms with Crippen molar-refractivity contribution in [1.29, 1.82) is 0 Å². The maximum atomic E-state index is 12.5. The Balaban J connectivity index is 2.83. The van der Waals surface area contributed by atoms with Gasteiger partial charge < -0.3 is 4.74 Å². The molecule has 1 aromatic carbocycles. The van der Waals surface area contributed by atoms with Crippen LogP contribution in [0.3, 0.4) is 0 Å². The highest BCUT2D eigenvalue weighted by Gasteiger charge is 2.61. The summed E-state index contributed by atoms with van der Waals surface area (Å²) in [5.74, 6) is -0.541. The molecule has 0 aliphatic carbocycles. The molecule has 0 radical (unpaired) electrons. The molecule has 94 valence electrons. The van der Waals surface area contributed by atoms with Gasteiger partial charge >= 0.3 is 12.3 Å².